The molecule has 1 saturated carbocycles. The highest BCUT2D eigenvalue weighted by Crippen LogP contribution is 2.45. The van der Waals surface area contributed by atoms with E-state index in [2.05, 4.69) is 48.5 Å². The molecule has 0 atom stereocenters. The van der Waals surface area contributed by atoms with Gasteiger partial charge in [0.2, 0.25) is 5.95 Å². The van der Waals surface area contributed by atoms with E-state index < -0.39 is 0 Å². The number of pyridine rings is 1. The Morgan fingerprint density at radius 2 is 1.85 bits per heavy atom. The average molecular weight is 447 g/mol. The van der Waals surface area contributed by atoms with Gasteiger partial charge in [0.15, 0.2) is 0 Å². The Morgan fingerprint density at radius 1 is 1.03 bits per heavy atom. The van der Waals surface area contributed by atoms with Crippen LogP contribution in [0.1, 0.15) is 48.2 Å². The molecule has 33 heavy (non-hydrogen) atoms. The Morgan fingerprint density at radius 3 is 2.61 bits per heavy atom. The van der Waals surface area contributed by atoms with Crippen LogP contribution < -0.4 is 15.5 Å². The van der Waals surface area contributed by atoms with Gasteiger partial charge in [0.25, 0.3) is 5.91 Å². The number of carbonyl (C=O) groups excluding carboxylic acids is 1. The maximum atomic E-state index is 12.6. The Kier molecular flexibility index (Phi) is 4.94. The third-order valence-electron chi connectivity index (χ3n) is 7.55. The number of hydrogen-bond donors (Lipinski definition) is 3. The quantitative estimate of drug-likeness (QED) is 0.569. The van der Waals surface area contributed by atoms with Crippen LogP contribution in [0.4, 0.5) is 17.5 Å². The zero-order valence-corrected chi connectivity index (χ0v) is 19.0. The normalized spacial score (nSPS) is 20.6. The number of rotatable bonds is 3. The monoisotopic (exact) mass is 446 g/mol. The van der Waals surface area contributed by atoms with Crippen LogP contribution in [0, 0.1) is 0 Å². The van der Waals surface area contributed by atoms with Gasteiger partial charge in [-0.3, -0.25) is 4.79 Å². The maximum Gasteiger partial charge on any atom is 0.268 e. The van der Waals surface area contributed by atoms with Gasteiger partial charge in [0, 0.05) is 43.7 Å². The second-order valence-corrected chi connectivity index (χ2v) is 9.67. The first kappa shape index (κ1) is 20.4. The molecule has 0 bridgehead atoms. The lowest BCUT2D eigenvalue weighted by molar-refractivity contribution is 0.0908. The van der Waals surface area contributed by atoms with Crippen molar-refractivity contribution in [2.75, 3.05) is 50.0 Å². The standard InChI is InChI=1S/C24H30N8O/c1-31-9-11-32(12-10-31)16-5-6-18(25-13-16)29-23-26-14-17-20(30-23)19-21(28-17)22(33)27-15-24(19)7-3-2-4-8-24/h5-6,13-14,28H,2-4,7-12,15H2,1H3,(H,27,33)(H,25,26,29,30). The Hall–Kier alpha value is -3.20. The predicted molar refractivity (Wildman–Crippen MR) is 128 cm³/mol. The fraction of sp³-hybridized carbons (Fsp3) is 0.500. The highest BCUT2D eigenvalue weighted by atomic mass is 16.2. The summed E-state index contributed by atoms with van der Waals surface area (Å²) in [5.74, 6) is 1.16. The van der Waals surface area contributed by atoms with Gasteiger partial charge in [-0.05, 0) is 32.0 Å². The highest BCUT2D eigenvalue weighted by molar-refractivity contribution is 6.02. The van der Waals surface area contributed by atoms with Crippen LogP contribution in [0.5, 0.6) is 0 Å². The molecule has 1 spiro atoms. The summed E-state index contributed by atoms with van der Waals surface area (Å²) in [5, 5.41) is 6.36. The number of nitrogens with zero attached hydrogens (tertiary/aromatic N) is 5. The van der Waals surface area contributed by atoms with Crippen LogP contribution in [-0.4, -0.2) is 70.5 Å². The molecule has 3 aromatic heterocycles. The minimum Gasteiger partial charge on any atom is -0.368 e. The number of amides is 1. The van der Waals surface area contributed by atoms with Crippen molar-refractivity contribution in [2.45, 2.75) is 37.5 Å². The van der Waals surface area contributed by atoms with E-state index >= 15 is 0 Å². The van der Waals surface area contributed by atoms with Crippen LogP contribution in [-0.2, 0) is 5.41 Å². The molecule has 5 heterocycles. The molecule has 1 aliphatic carbocycles. The van der Waals surface area contributed by atoms with E-state index in [-0.39, 0.29) is 11.3 Å². The minimum atomic E-state index is -0.0464. The topological polar surface area (TPSA) is 102 Å². The first-order valence-electron chi connectivity index (χ1n) is 12.0. The molecular formula is C24H30N8O. The van der Waals surface area contributed by atoms with Crippen molar-refractivity contribution in [3.8, 4) is 0 Å². The van der Waals surface area contributed by atoms with E-state index in [0.29, 0.717) is 24.0 Å². The summed E-state index contributed by atoms with van der Waals surface area (Å²) >= 11 is 0. The molecule has 1 amide bonds. The summed E-state index contributed by atoms with van der Waals surface area (Å²) < 4.78 is 0. The number of carbonyl (C=O) groups is 1. The number of nitrogens with one attached hydrogen (secondary N) is 3. The molecule has 6 rings (SSSR count). The van der Waals surface area contributed by atoms with Crippen molar-refractivity contribution in [1.82, 2.24) is 30.2 Å². The van der Waals surface area contributed by atoms with Crippen molar-refractivity contribution in [3.05, 3.63) is 35.8 Å². The third-order valence-corrected chi connectivity index (χ3v) is 7.55. The van der Waals surface area contributed by atoms with Gasteiger partial charge in [-0.25, -0.2) is 15.0 Å². The van der Waals surface area contributed by atoms with E-state index in [1.807, 2.05) is 12.3 Å². The molecule has 2 fully saturated rings. The third kappa shape index (κ3) is 3.60. The number of hydrogen-bond acceptors (Lipinski definition) is 7. The fourth-order valence-electron chi connectivity index (χ4n) is 5.63. The SMILES string of the molecule is CN1CCN(c2ccc(Nc3ncc4[nH]c5c(c4n3)C3(CCCCC3)CNC5=O)nc2)CC1. The van der Waals surface area contributed by atoms with Crippen LogP contribution in [0.3, 0.4) is 0 Å². The lowest BCUT2D eigenvalue weighted by Crippen LogP contribution is -2.47. The van der Waals surface area contributed by atoms with Crippen molar-refractivity contribution >= 4 is 34.4 Å². The summed E-state index contributed by atoms with van der Waals surface area (Å²) in [4.78, 5) is 34.5. The number of piperazine rings is 1. The van der Waals surface area contributed by atoms with Crippen molar-refractivity contribution in [2.24, 2.45) is 0 Å². The van der Waals surface area contributed by atoms with Gasteiger partial charge in [-0.15, -0.1) is 0 Å². The van der Waals surface area contributed by atoms with Gasteiger partial charge in [0.1, 0.15) is 11.5 Å². The van der Waals surface area contributed by atoms with Gasteiger partial charge in [-0.2, -0.15) is 0 Å². The summed E-state index contributed by atoms with van der Waals surface area (Å²) in [6, 6.07) is 4.07. The number of likely N-dealkylation sites (N-methyl/N-ethyl adjacent to an activating group) is 1. The van der Waals surface area contributed by atoms with Crippen LogP contribution in [0.15, 0.2) is 24.5 Å². The van der Waals surface area contributed by atoms with Crippen molar-refractivity contribution < 1.29 is 4.79 Å². The number of aromatic amines is 1. The molecule has 0 aromatic carbocycles. The van der Waals surface area contributed by atoms with Crippen LogP contribution >= 0.6 is 0 Å². The van der Waals surface area contributed by atoms with E-state index in [0.717, 1.165) is 61.3 Å². The van der Waals surface area contributed by atoms with Crippen LogP contribution in [0.25, 0.3) is 11.0 Å². The fourth-order valence-corrected chi connectivity index (χ4v) is 5.63. The molecule has 3 aliphatic rings. The minimum absolute atomic E-state index is 0.0340. The smallest absolute Gasteiger partial charge is 0.268 e. The van der Waals surface area contributed by atoms with E-state index in [1.165, 1.54) is 19.3 Å². The molecule has 0 radical (unpaired) electrons. The van der Waals surface area contributed by atoms with Gasteiger partial charge in [-0.1, -0.05) is 19.3 Å². The first-order valence-corrected chi connectivity index (χ1v) is 12.0. The highest BCUT2D eigenvalue weighted by Gasteiger charge is 2.43. The van der Waals surface area contributed by atoms with Gasteiger partial charge < -0.3 is 25.4 Å². The first-order chi connectivity index (χ1) is 16.1. The molecular weight excluding hydrogens is 416 g/mol. The summed E-state index contributed by atoms with van der Waals surface area (Å²) in [5.41, 5.74) is 4.49. The lowest BCUT2D eigenvalue weighted by Gasteiger charge is -2.40. The Bertz CT molecular complexity index is 1170. The maximum absolute atomic E-state index is 12.6. The second kappa shape index (κ2) is 7.98. The average Bonchev–Trinajstić information content (AvgIpc) is 3.24. The van der Waals surface area contributed by atoms with E-state index in [9.17, 15) is 4.79 Å². The predicted octanol–water partition coefficient (Wildman–Crippen LogP) is 2.79. The van der Waals surface area contributed by atoms with Crippen molar-refractivity contribution in [3.63, 3.8) is 0 Å². The Labute approximate surface area is 193 Å². The molecule has 0 unspecified atom stereocenters. The number of anilines is 3. The largest absolute Gasteiger partial charge is 0.368 e. The zero-order chi connectivity index (χ0) is 22.4. The molecule has 3 N–H and O–H groups in total. The van der Waals surface area contributed by atoms with Gasteiger partial charge >= 0.3 is 0 Å². The molecule has 172 valence electrons. The molecule has 9 heteroatoms. The number of H-pyrrole nitrogens is 1. The number of aromatic nitrogens is 4. The van der Waals surface area contributed by atoms with Crippen molar-refractivity contribution in [1.29, 1.82) is 0 Å². The van der Waals surface area contributed by atoms with Gasteiger partial charge in [0.05, 0.1) is 29.1 Å². The Balaban J connectivity index is 1.29. The summed E-state index contributed by atoms with van der Waals surface area (Å²) in [7, 11) is 2.16. The zero-order valence-electron chi connectivity index (χ0n) is 19.0. The number of fused-ring (bicyclic) bond motifs is 4. The summed E-state index contributed by atoms with van der Waals surface area (Å²) in [6.45, 7) is 4.84. The lowest BCUT2D eigenvalue weighted by atomic mass is 9.67. The molecule has 1 saturated heterocycles. The van der Waals surface area contributed by atoms with Crippen LogP contribution in [0.2, 0.25) is 0 Å². The van der Waals surface area contributed by atoms with E-state index in [1.54, 1.807) is 6.20 Å². The summed E-state index contributed by atoms with van der Waals surface area (Å²) in [6.07, 6.45) is 9.45. The van der Waals surface area contributed by atoms with E-state index in [4.69, 9.17) is 4.98 Å². The molecule has 9 nitrogen and oxygen atoms in total. The second-order valence-electron chi connectivity index (χ2n) is 9.67. The molecule has 3 aromatic rings. The molecule has 2 aliphatic heterocycles.